The minimum absolute atomic E-state index is 0.0182. The number of nitrogens with two attached hydrogens (primary N) is 1. The third-order valence-corrected chi connectivity index (χ3v) is 3.57. The lowest BCUT2D eigenvalue weighted by molar-refractivity contribution is -0.137. The molecule has 0 spiro atoms. The molecular formula is C15H16F3N3. The van der Waals surface area contributed by atoms with E-state index in [1.54, 1.807) is 12.2 Å². The Balaban J connectivity index is 2.66. The summed E-state index contributed by atoms with van der Waals surface area (Å²) in [7, 11) is 0. The highest BCUT2D eigenvalue weighted by atomic mass is 19.4. The van der Waals surface area contributed by atoms with Crippen molar-refractivity contribution in [1.82, 2.24) is 0 Å². The van der Waals surface area contributed by atoms with Gasteiger partial charge in [0.25, 0.3) is 0 Å². The second-order valence-corrected chi connectivity index (χ2v) is 5.72. The molecule has 1 aromatic rings. The van der Waals surface area contributed by atoms with Crippen molar-refractivity contribution in [3.05, 3.63) is 47.2 Å². The van der Waals surface area contributed by atoms with Crippen molar-refractivity contribution >= 4 is 11.3 Å². The summed E-state index contributed by atoms with van der Waals surface area (Å²) in [6, 6.07) is 3.69. The first-order chi connectivity index (χ1) is 9.65. The van der Waals surface area contributed by atoms with Crippen LogP contribution in [-0.2, 0) is 6.18 Å². The number of allylic oxidation sites excluding steroid dienone is 4. The molecule has 0 bridgehead atoms. The molecule has 0 saturated heterocycles. The smallest absolute Gasteiger partial charge is 0.402 e. The van der Waals surface area contributed by atoms with E-state index >= 15 is 0 Å². The minimum atomic E-state index is -4.50. The van der Waals surface area contributed by atoms with E-state index in [0.717, 1.165) is 6.07 Å². The molecule has 0 radical (unpaired) electrons. The molecule has 0 aromatic heterocycles. The van der Waals surface area contributed by atoms with Gasteiger partial charge in [0.05, 0.1) is 11.3 Å². The van der Waals surface area contributed by atoms with Gasteiger partial charge in [-0.05, 0) is 41.2 Å². The lowest BCUT2D eigenvalue weighted by Gasteiger charge is -2.32. The number of halogens is 3. The Morgan fingerprint density at radius 1 is 1.24 bits per heavy atom. The van der Waals surface area contributed by atoms with Gasteiger partial charge in [-0.3, -0.25) is 0 Å². The van der Waals surface area contributed by atoms with Crippen LogP contribution < -0.4 is 5.73 Å². The molecule has 0 fully saturated rings. The predicted molar refractivity (Wildman–Crippen MR) is 74.9 cm³/mol. The molecule has 21 heavy (non-hydrogen) atoms. The summed E-state index contributed by atoms with van der Waals surface area (Å²) in [6.07, 6.45) is -0.717. The maximum atomic E-state index is 13.3. The third-order valence-electron chi connectivity index (χ3n) is 3.57. The van der Waals surface area contributed by atoms with Crippen LogP contribution in [-0.4, -0.2) is 0 Å². The first kappa shape index (κ1) is 15.3. The van der Waals surface area contributed by atoms with E-state index in [9.17, 15) is 13.2 Å². The summed E-state index contributed by atoms with van der Waals surface area (Å²) in [5, 5.41) is 3.08. The maximum Gasteiger partial charge on any atom is 0.417 e. The first-order valence-electron chi connectivity index (χ1n) is 6.41. The molecular weight excluding hydrogens is 279 g/mol. The molecule has 0 atom stereocenters. The van der Waals surface area contributed by atoms with Crippen molar-refractivity contribution < 1.29 is 13.2 Å². The van der Waals surface area contributed by atoms with Crippen LogP contribution in [0.5, 0.6) is 0 Å². The lowest BCUT2D eigenvalue weighted by Crippen LogP contribution is -2.22. The fourth-order valence-corrected chi connectivity index (χ4v) is 2.61. The van der Waals surface area contributed by atoms with Crippen molar-refractivity contribution in [2.45, 2.75) is 26.4 Å². The summed E-state index contributed by atoms with van der Waals surface area (Å²) >= 11 is 0. The molecule has 3 nitrogen and oxygen atoms in total. The van der Waals surface area contributed by atoms with Crippen molar-refractivity contribution in [2.24, 2.45) is 16.3 Å². The minimum Gasteiger partial charge on any atom is -0.402 e. The standard InChI is InChI=1S/C15H16F3N3/c1-14(2)8-9(19)3-6-12(14)11-5-4-10(21-20)7-13(11)15(16,17)18/h3-7,20H,8,19H2,1-2H3. The normalized spacial score (nSPS) is 18.0. The van der Waals surface area contributed by atoms with Crippen molar-refractivity contribution in [3.63, 3.8) is 0 Å². The first-order valence-corrected chi connectivity index (χ1v) is 6.41. The fourth-order valence-electron chi connectivity index (χ4n) is 2.61. The Labute approximate surface area is 120 Å². The largest absolute Gasteiger partial charge is 0.417 e. The highest BCUT2D eigenvalue weighted by molar-refractivity contribution is 5.76. The van der Waals surface area contributed by atoms with Crippen LogP contribution in [0.25, 0.3) is 5.57 Å². The SMILES string of the molecule is CC1(C)CC(N)=CC=C1c1ccc(N=N)cc1C(F)(F)F. The van der Waals surface area contributed by atoms with Gasteiger partial charge in [0.2, 0.25) is 0 Å². The zero-order valence-electron chi connectivity index (χ0n) is 11.8. The average molecular weight is 295 g/mol. The van der Waals surface area contributed by atoms with Gasteiger partial charge < -0.3 is 5.73 Å². The number of nitrogens with one attached hydrogen (secondary N) is 1. The highest BCUT2D eigenvalue weighted by Crippen LogP contribution is 2.46. The molecule has 1 aliphatic carbocycles. The quantitative estimate of drug-likeness (QED) is 0.739. The number of rotatable bonds is 2. The lowest BCUT2D eigenvalue weighted by atomic mass is 9.73. The fraction of sp³-hybridized carbons (Fsp3) is 0.333. The second kappa shape index (κ2) is 5.02. The van der Waals surface area contributed by atoms with E-state index in [4.69, 9.17) is 11.3 Å². The van der Waals surface area contributed by atoms with Crippen molar-refractivity contribution in [3.8, 4) is 0 Å². The molecule has 2 rings (SSSR count). The van der Waals surface area contributed by atoms with Gasteiger partial charge in [0, 0.05) is 5.70 Å². The molecule has 0 aliphatic heterocycles. The Hall–Kier alpha value is -2.11. The zero-order chi connectivity index (χ0) is 15.8. The van der Waals surface area contributed by atoms with Gasteiger partial charge in [0.15, 0.2) is 0 Å². The van der Waals surface area contributed by atoms with Crippen LogP contribution in [0.1, 0.15) is 31.4 Å². The molecule has 0 saturated carbocycles. The van der Waals surface area contributed by atoms with Gasteiger partial charge in [-0.25, -0.2) is 5.53 Å². The monoisotopic (exact) mass is 295 g/mol. The van der Waals surface area contributed by atoms with E-state index in [2.05, 4.69) is 5.11 Å². The molecule has 0 heterocycles. The van der Waals surface area contributed by atoms with E-state index in [1.807, 2.05) is 13.8 Å². The Bertz CT molecular complexity index is 640. The number of nitrogens with zero attached hydrogens (tertiary/aromatic N) is 1. The molecule has 1 aromatic carbocycles. The van der Waals surface area contributed by atoms with Gasteiger partial charge in [-0.1, -0.05) is 26.0 Å². The van der Waals surface area contributed by atoms with E-state index in [1.165, 1.54) is 12.1 Å². The van der Waals surface area contributed by atoms with Crippen molar-refractivity contribution in [1.29, 1.82) is 5.53 Å². The average Bonchev–Trinajstić information content (AvgIpc) is 2.36. The van der Waals surface area contributed by atoms with Crippen molar-refractivity contribution in [2.75, 3.05) is 0 Å². The highest BCUT2D eigenvalue weighted by Gasteiger charge is 2.37. The Morgan fingerprint density at radius 3 is 2.43 bits per heavy atom. The summed E-state index contributed by atoms with van der Waals surface area (Å²) in [5.41, 5.74) is 12.7. The van der Waals surface area contributed by atoms with Gasteiger partial charge in [-0.2, -0.15) is 18.3 Å². The molecule has 0 amide bonds. The number of alkyl halides is 3. The van der Waals surface area contributed by atoms with Gasteiger partial charge >= 0.3 is 6.18 Å². The van der Waals surface area contributed by atoms with Crippen LogP contribution in [0, 0.1) is 10.9 Å². The zero-order valence-corrected chi connectivity index (χ0v) is 11.8. The van der Waals surface area contributed by atoms with Crippen LogP contribution in [0.4, 0.5) is 18.9 Å². The molecule has 1 aliphatic rings. The Kier molecular flexibility index (Phi) is 3.65. The van der Waals surface area contributed by atoms with E-state index in [0.29, 0.717) is 17.7 Å². The maximum absolute atomic E-state index is 13.3. The summed E-state index contributed by atoms with van der Waals surface area (Å²) < 4.78 is 39.8. The summed E-state index contributed by atoms with van der Waals surface area (Å²) in [5.74, 6) is 0. The van der Waals surface area contributed by atoms with E-state index < -0.39 is 17.2 Å². The molecule has 0 unspecified atom stereocenters. The number of hydrogen-bond donors (Lipinski definition) is 2. The van der Waals surface area contributed by atoms with Crippen LogP contribution >= 0.6 is 0 Å². The molecule has 3 N–H and O–H groups in total. The number of benzene rings is 1. The summed E-state index contributed by atoms with van der Waals surface area (Å²) in [6.45, 7) is 3.73. The summed E-state index contributed by atoms with van der Waals surface area (Å²) in [4.78, 5) is 0. The van der Waals surface area contributed by atoms with E-state index in [-0.39, 0.29) is 11.3 Å². The third kappa shape index (κ3) is 2.99. The Morgan fingerprint density at radius 2 is 1.90 bits per heavy atom. The molecule has 6 heteroatoms. The van der Waals surface area contributed by atoms with Crippen LogP contribution in [0.2, 0.25) is 0 Å². The van der Waals surface area contributed by atoms with Gasteiger partial charge in [0.1, 0.15) is 0 Å². The topological polar surface area (TPSA) is 62.2 Å². The second-order valence-electron chi connectivity index (χ2n) is 5.72. The van der Waals surface area contributed by atoms with Crippen LogP contribution in [0.15, 0.2) is 41.2 Å². The molecule has 112 valence electrons. The predicted octanol–water partition coefficient (Wildman–Crippen LogP) is 5.02. The number of hydrogen-bond acceptors (Lipinski definition) is 3. The van der Waals surface area contributed by atoms with Crippen LogP contribution in [0.3, 0.4) is 0 Å². The van der Waals surface area contributed by atoms with Gasteiger partial charge in [-0.15, -0.1) is 0 Å².